The Kier molecular flexibility index (Phi) is 4.39. The lowest BCUT2D eigenvalue weighted by Gasteiger charge is -2.08. The van der Waals surface area contributed by atoms with Crippen molar-refractivity contribution in [1.82, 2.24) is 4.98 Å². The van der Waals surface area contributed by atoms with Crippen molar-refractivity contribution in [1.29, 1.82) is 0 Å². The quantitative estimate of drug-likeness (QED) is 0.809. The molecule has 2 aromatic rings. The largest absolute Gasteiger partial charge is 0.484 e. The molecule has 3 N–H and O–H groups in total. The SMILES string of the molecule is COc1ccc(NC(=O)COc2cccc(N)c2)cn1. The molecule has 1 amide bonds. The molecule has 0 aliphatic heterocycles. The van der Waals surface area contributed by atoms with Gasteiger partial charge in [-0.15, -0.1) is 0 Å². The fraction of sp³-hybridized carbons (Fsp3) is 0.143. The van der Waals surface area contributed by atoms with Crippen molar-refractivity contribution in [2.24, 2.45) is 0 Å². The lowest BCUT2D eigenvalue weighted by Crippen LogP contribution is -2.20. The molecule has 0 atom stereocenters. The number of carbonyl (C=O) groups is 1. The number of nitrogens with one attached hydrogen (secondary N) is 1. The molecule has 0 aliphatic rings. The number of hydrogen-bond donors (Lipinski definition) is 2. The van der Waals surface area contributed by atoms with Gasteiger partial charge in [0.1, 0.15) is 5.75 Å². The smallest absolute Gasteiger partial charge is 0.262 e. The van der Waals surface area contributed by atoms with E-state index in [9.17, 15) is 4.79 Å². The van der Waals surface area contributed by atoms with Crippen LogP contribution in [0.4, 0.5) is 11.4 Å². The number of methoxy groups -OCH3 is 1. The molecule has 104 valence electrons. The molecule has 2 rings (SSSR count). The van der Waals surface area contributed by atoms with Crippen LogP contribution in [0.1, 0.15) is 0 Å². The first-order chi connectivity index (χ1) is 9.67. The van der Waals surface area contributed by atoms with Crippen LogP contribution in [-0.4, -0.2) is 24.6 Å². The van der Waals surface area contributed by atoms with Gasteiger partial charge in [0.15, 0.2) is 6.61 Å². The summed E-state index contributed by atoms with van der Waals surface area (Å²) in [4.78, 5) is 15.7. The maximum Gasteiger partial charge on any atom is 0.262 e. The van der Waals surface area contributed by atoms with Crippen LogP contribution in [0.2, 0.25) is 0 Å². The van der Waals surface area contributed by atoms with Gasteiger partial charge in [-0.25, -0.2) is 4.98 Å². The first-order valence-corrected chi connectivity index (χ1v) is 5.95. The number of amides is 1. The summed E-state index contributed by atoms with van der Waals surface area (Å²) < 4.78 is 10.3. The molecule has 0 fully saturated rings. The number of nitrogens with two attached hydrogens (primary N) is 1. The van der Waals surface area contributed by atoms with Gasteiger partial charge in [-0.05, 0) is 18.2 Å². The van der Waals surface area contributed by atoms with Gasteiger partial charge in [0, 0.05) is 17.8 Å². The lowest BCUT2D eigenvalue weighted by molar-refractivity contribution is -0.118. The summed E-state index contributed by atoms with van der Waals surface area (Å²) in [7, 11) is 1.53. The molecule has 1 aromatic heterocycles. The first kappa shape index (κ1) is 13.7. The van der Waals surface area contributed by atoms with Crippen LogP contribution < -0.4 is 20.5 Å². The summed E-state index contributed by atoms with van der Waals surface area (Å²) in [6.07, 6.45) is 1.51. The van der Waals surface area contributed by atoms with Gasteiger partial charge >= 0.3 is 0 Å². The molecule has 6 nitrogen and oxygen atoms in total. The highest BCUT2D eigenvalue weighted by atomic mass is 16.5. The normalized spacial score (nSPS) is 9.85. The molecule has 0 saturated heterocycles. The standard InChI is InChI=1S/C14H15N3O3/c1-19-14-6-5-11(8-16-14)17-13(18)9-20-12-4-2-3-10(15)7-12/h2-8H,9,15H2,1H3,(H,17,18). The number of nitrogen functional groups attached to an aromatic ring is 1. The van der Waals surface area contributed by atoms with Crippen LogP contribution in [0.25, 0.3) is 0 Å². The van der Waals surface area contributed by atoms with Gasteiger partial charge in [0.05, 0.1) is 19.0 Å². The van der Waals surface area contributed by atoms with Crippen molar-refractivity contribution in [3.8, 4) is 11.6 Å². The zero-order valence-corrected chi connectivity index (χ0v) is 11.0. The second kappa shape index (κ2) is 6.42. The second-order valence-electron chi connectivity index (χ2n) is 4.00. The maximum atomic E-state index is 11.7. The van der Waals surface area contributed by atoms with Gasteiger partial charge in [-0.1, -0.05) is 6.07 Å². The van der Waals surface area contributed by atoms with Gasteiger partial charge in [-0.3, -0.25) is 4.79 Å². The van der Waals surface area contributed by atoms with Crippen LogP contribution in [0.3, 0.4) is 0 Å². The Hall–Kier alpha value is -2.76. The molecular formula is C14H15N3O3. The second-order valence-corrected chi connectivity index (χ2v) is 4.00. The van der Waals surface area contributed by atoms with Crippen LogP contribution in [0.5, 0.6) is 11.6 Å². The minimum Gasteiger partial charge on any atom is -0.484 e. The zero-order chi connectivity index (χ0) is 14.4. The van der Waals surface area contributed by atoms with Crippen LogP contribution >= 0.6 is 0 Å². The van der Waals surface area contributed by atoms with Gasteiger partial charge in [-0.2, -0.15) is 0 Å². The minimum absolute atomic E-state index is 0.102. The third kappa shape index (κ3) is 3.88. The Labute approximate surface area is 116 Å². The van der Waals surface area contributed by atoms with Crippen molar-refractivity contribution < 1.29 is 14.3 Å². The molecule has 1 heterocycles. The van der Waals surface area contributed by atoms with E-state index in [2.05, 4.69) is 10.3 Å². The zero-order valence-electron chi connectivity index (χ0n) is 11.0. The van der Waals surface area contributed by atoms with E-state index >= 15 is 0 Å². The number of rotatable bonds is 5. The summed E-state index contributed by atoms with van der Waals surface area (Å²) in [5.41, 5.74) is 6.78. The fourth-order valence-electron chi connectivity index (χ4n) is 1.53. The van der Waals surface area contributed by atoms with E-state index in [4.69, 9.17) is 15.2 Å². The molecule has 6 heteroatoms. The summed E-state index contributed by atoms with van der Waals surface area (Å²) in [6.45, 7) is -0.102. The minimum atomic E-state index is -0.278. The average Bonchev–Trinajstić information content (AvgIpc) is 2.46. The van der Waals surface area contributed by atoms with E-state index in [1.54, 1.807) is 36.4 Å². The highest BCUT2D eigenvalue weighted by Gasteiger charge is 2.04. The van der Waals surface area contributed by atoms with Crippen LogP contribution in [0, 0.1) is 0 Å². The van der Waals surface area contributed by atoms with Crippen LogP contribution in [-0.2, 0) is 4.79 Å². The third-order valence-corrected chi connectivity index (χ3v) is 2.46. The molecule has 0 bridgehead atoms. The number of aromatic nitrogens is 1. The Balaban J connectivity index is 1.85. The number of pyridine rings is 1. The number of ether oxygens (including phenoxy) is 2. The highest BCUT2D eigenvalue weighted by molar-refractivity contribution is 5.91. The first-order valence-electron chi connectivity index (χ1n) is 5.95. The molecule has 0 spiro atoms. The van der Waals surface area contributed by atoms with Crippen molar-refractivity contribution >= 4 is 17.3 Å². The topological polar surface area (TPSA) is 86.5 Å². The molecule has 0 unspecified atom stereocenters. The molecule has 20 heavy (non-hydrogen) atoms. The predicted octanol–water partition coefficient (Wildman–Crippen LogP) is 1.69. The highest BCUT2D eigenvalue weighted by Crippen LogP contribution is 2.14. The van der Waals surface area contributed by atoms with Gasteiger partial charge < -0.3 is 20.5 Å². The van der Waals surface area contributed by atoms with Crippen molar-refractivity contribution in [2.45, 2.75) is 0 Å². The van der Waals surface area contributed by atoms with E-state index < -0.39 is 0 Å². The Morgan fingerprint density at radius 2 is 2.20 bits per heavy atom. The van der Waals surface area contributed by atoms with Crippen LogP contribution in [0.15, 0.2) is 42.6 Å². The number of nitrogens with zero attached hydrogens (tertiary/aromatic N) is 1. The monoisotopic (exact) mass is 273 g/mol. The molecule has 0 radical (unpaired) electrons. The summed E-state index contributed by atoms with van der Waals surface area (Å²) in [6, 6.07) is 10.3. The summed E-state index contributed by atoms with van der Waals surface area (Å²) in [5.74, 6) is 0.756. The average molecular weight is 273 g/mol. The summed E-state index contributed by atoms with van der Waals surface area (Å²) >= 11 is 0. The third-order valence-electron chi connectivity index (χ3n) is 2.46. The van der Waals surface area contributed by atoms with Crippen molar-refractivity contribution in [2.75, 3.05) is 24.8 Å². The maximum absolute atomic E-state index is 11.7. The summed E-state index contributed by atoms with van der Waals surface area (Å²) in [5, 5.41) is 2.66. The van der Waals surface area contributed by atoms with Crippen molar-refractivity contribution in [3.63, 3.8) is 0 Å². The Morgan fingerprint density at radius 3 is 2.85 bits per heavy atom. The number of benzene rings is 1. The van der Waals surface area contributed by atoms with Gasteiger partial charge in [0.25, 0.3) is 5.91 Å². The van der Waals surface area contributed by atoms with E-state index in [-0.39, 0.29) is 12.5 Å². The predicted molar refractivity (Wildman–Crippen MR) is 75.8 cm³/mol. The molecular weight excluding hydrogens is 258 g/mol. The fourth-order valence-corrected chi connectivity index (χ4v) is 1.53. The van der Waals surface area contributed by atoms with E-state index in [0.29, 0.717) is 23.0 Å². The lowest BCUT2D eigenvalue weighted by atomic mass is 10.3. The molecule has 1 aromatic carbocycles. The van der Waals surface area contributed by atoms with E-state index in [1.807, 2.05) is 0 Å². The Morgan fingerprint density at radius 1 is 1.35 bits per heavy atom. The number of anilines is 2. The number of hydrogen-bond acceptors (Lipinski definition) is 5. The van der Waals surface area contributed by atoms with E-state index in [0.717, 1.165) is 0 Å². The molecule has 0 saturated carbocycles. The van der Waals surface area contributed by atoms with Gasteiger partial charge in [0.2, 0.25) is 5.88 Å². The van der Waals surface area contributed by atoms with Crippen molar-refractivity contribution in [3.05, 3.63) is 42.6 Å². The van der Waals surface area contributed by atoms with E-state index in [1.165, 1.54) is 13.3 Å². The molecule has 0 aliphatic carbocycles. The Bertz CT molecular complexity index is 584. The number of carbonyl (C=O) groups excluding carboxylic acids is 1.